The predicted molar refractivity (Wildman–Crippen MR) is 170 cm³/mol. The topological polar surface area (TPSA) is 88.6 Å². The first-order chi connectivity index (χ1) is 20.0. The predicted octanol–water partition coefficient (Wildman–Crippen LogP) is 5.59. The van der Waals surface area contributed by atoms with Gasteiger partial charge in [0.2, 0.25) is 0 Å². The van der Waals surface area contributed by atoms with Gasteiger partial charge in [0.25, 0.3) is 0 Å². The summed E-state index contributed by atoms with van der Waals surface area (Å²) in [4.78, 5) is 21.7. The van der Waals surface area contributed by atoms with Crippen molar-refractivity contribution in [3.63, 3.8) is 0 Å². The van der Waals surface area contributed by atoms with Crippen molar-refractivity contribution in [2.45, 2.75) is 153 Å². The number of hydrogen-bond donors (Lipinski definition) is 2. The Morgan fingerprint density at radius 2 is 0.902 bits per heavy atom. The third-order valence-corrected chi connectivity index (χ3v) is 10.3. The van der Waals surface area contributed by atoms with Crippen LogP contribution in [-0.2, 0) is 11.8 Å². The molecule has 230 valence electrons. The second kappa shape index (κ2) is 18.0. The Labute approximate surface area is 254 Å². The van der Waals surface area contributed by atoms with E-state index >= 15 is 0 Å². The molecule has 2 aromatic carbocycles. The van der Waals surface area contributed by atoms with Crippen molar-refractivity contribution in [3.05, 3.63) is 42.5 Å². The van der Waals surface area contributed by atoms with E-state index < -0.39 is 6.72 Å². The van der Waals surface area contributed by atoms with Crippen molar-refractivity contribution in [1.82, 2.24) is 0 Å². The lowest BCUT2D eigenvalue weighted by molar-refractivity contribution is -0.726. The fourth-order valence-electron chi connectivity index (χ4n) is 7.47. The molecule has 5 nitrogen and oxygen atoms in total. The Bertz CT molecular complexity index is 968. The molecule has 41 heavy (non-hydrogen) atoms. The van der Waals surface area contributed by atoms with Crippen LogP contribution < -0.4 is 24.9 Å². The van der Waals surface area contributed by atoms with Gasteiger partial charge in [0.15, 0.2) is 0 Å². The first-order valence-electron chi connectivity index (χ1n) is 16.9. The molecule has 4 N–H and O–H groups in total. The highest BCUT2D eigenvalue weighted by molar-refractivity contribution is 8.05. The fraction of sp³-hybridized carbons (Fsp3) is 0.706. The van der Waals surface area contributed by atoms with Gasteiger partial charge in [-0.25, -0.2) is 0 Å². The molecule has 0 spiro atoms. The molecule has 4 aliphatic carbocycles. The molecular weight excluding hydrogens is 547 g/mol. The third kappa shape index (κ3) is 12.6. The second-order valence-corrected chi connectivity index (χ2v) is 15.4. The van der Waals surface area contributed by atoms with E-state index in [0.29, 0.717) is 0 Å². The molecule has 2 aromatic rings. The molecular formula is C34H55N2O3PS. The Morgan fingerprint density at radius 3 is 1.29 bits per heavy atom. The average Bonchev–Trinajstić information content (AvgIpc) is 3.00. The lowest BCUT2D eigenvalue weighted by atomic mass is 9.91. The first-order valence-corrected chi connectivity index (χ1v) is 19.4. The van der Waals surface area contributed by atoms with Crippen LogP contribution in [0.2, 0.25) is 0 Å². The molecule has 0 aliphatic heterocycles. The molecule has 0 bridgehead atoms. The van der Waals surface area contributed by atoms with Gasteiger partial charge < -0.3 is 24.9 Å². The van der Waals surface area contributed by atoms with Gasteiger partial charge in [-0.2, -0.15) is 0 Å². The minimum Gasteiger partial charge on any atom is -0.803 e. The van der Waals surface area contributed by atoms with Crippen molar-refractivity contribution in [2.24, 2.45) is 0 Å². The van der Waals surface area contributed by atoms with Gasteiger partial charge in [0.05, 0.1) is 24.2 Å². The monoisotopic (exact) mass is 602 g/mol. The zero-order chi connectivity index (χ0) is 28.8. The number of rotatable bonds is 6. The summed E-state index contributed by atoms with van der Waals surface area (Å²) in [6.07, 6.45) is 29.9. The van der Waals surface area contributed by atoms with E-state index in [4.69, 9.17) is 4.52 Å². The summed E-state index contributed by atoms with van der Waals surface area (Å²) in [5, 5.41) is 7.09. The van der Waals surface area contributed by atoms with Gasteiger partial charge in [0, 0.05) is 5.39 Å². The van der Waals surface area contributed by atoms with Crippen LogP contribution >= 0.6 is 6.72 Å². The maximum absolute atomic E-state index is 10.9. The SMILES string of the molecule is C1CCC([NH2+]C2CCCCC2)CC1.C1CCC([NH2+]C2CCCCC2)CC1.[O-]P([O-])(=S)Oc1cccc2ccccc12. The van der Waals surface area contributed by atoms with E-state index in [9.17, 15) is 9.79 Å². The summed E-state index contributed by atoms with van der Waals surface area (Å²) in [6, 6.07) is 16.5. The highest BCUT2D eigenvalue weighted by atomic mass is 32.5. The summed E-state index contributed by atoms with van der Waals surface area (Å²) >= 11 is 4.21. The Balaban J connectivity index is 0.000000142. The Kier molecular flexibility index (Phi) is 14.4. The van der Waals surface area contributed by atoms with Crippen LogP contribution in [0.3, 0.4) is 0 Å². The van der Waals surface area contributed by atoms with E-state index in [1.165, 1.54) is 128 Å². The molecule has 0 radical (unpaired) electrons. The van der Waals surface area contributed by atoms with Crippen molar-refractivity contribution < 1.29 is 24.9 Å². The van der Waals surface area contributed by atoms with Crippen molar-refractivity contribution >= 4 is 29.3 Å². The number of benzene rings is 2. The van der Waals surface area contributed by atoms with Crippen LogP contribution in [0.1, 0.15) is 128 Å². The largest absolute Gasteiger partial charge is 0.803 e. The maximum atomic E-state index is 10.9. The first kappa shape index (κ1) is 32.9. The molecule has 4 fully saturated rings. The normalized spacial score (nSPS) is 21.8. The molecule has 6 rings (SSSR count). The van der Waals surface area contributed by atoms with Crippen LogP contribution in [0.15, 0.2) is 42.5 Å². The second-order valence-electron chi connectivity index (χ2n) is 13.0. The Hall–Kier alpha value is -1.01. The zero-order valence-electron chi connectivity index (χ0n) is 25.2. The van der Waals surface area contributed by atoms with Crippen LogP contribution in [0.25, 0.3) is 10.8 Å². The summed E-state index contributed by atoms with van der Waals surface area (Å²) in [5.41, 5.74) is 0. The molecule has 4 aliphatic rings. The van der Waals surface area contributed by atoms with Crippen LogP contribution in [0.4, 0.5) is 0 Å². The molecule has 4 saturated carbocycles. The van der Waals surface area contributed by atoms with Gasteiger partial charge in [-0.1, -0.05) is 73.9 Å². The maximum Gasteiger partial charge on any atom is 0.128 e. The average molecular weight is 603 g/mol. The molecule has 7 heteroatoms. The van der Waals surface area contributed by atoms with E-state index in [1.807, 2.05) is 24.3 Å². The minimum atomic E-state index is -4.16. The van der Waals surface area contributed by atoms with E-state index in [0.717, 1.165) is 34.9 Å². The van der Waals surface area contributed by atoms with Crippen LogP contribution in [0.5, 0.6) is 5.75 Å². The molecule has 0 aromatic heterocycles. The van der Waals surface area contributed by atoms with Gasteiger partial charge >= 0.3 is 0 Å². The lowest BCUT2D eigenvalue weighted by Gasteiger charge is -2.34. The number of hydrogen-bond acceptors (Lipinski definition) is 4. The summed E-state index contributed by atoms with van der Waals surface area (Å²) in [5.74, 6) is 0.279. The lowest BCUT2D eigenvalue weighted by Crippen LogP contribution is -2.95. The van der Waals surface area contributed by atoms with Gasteiger partial charge in [-0.05, 0) is 121 Å². The molecule has 0 heterocycles. The number of quaternary nitrogens is 2. The van der Waals surface area contributed by atoms with Crippen molar-refractivity contribution in [3.8, 4) is 5.75 Å². The van der Waals surface area contributed by atoms with E-state index in [1.54, 1.807) is 18.2 Å². The molecule has 0 amide bonds. The Morgan fingerprint density at radius 1 is 0.537 bits per heavy atom. The molecule has 0 saturated heterocycles. The number of fused-ring (bicyclic) bond motifs is 1. The van der Waals surface area contributed by atoms with E-state index in [2.05, 4.69) is 22.4 Å². The summed E-state index contributed by atoms with van der Waals surface area (Å²) in [6.45, 7) is -4.16. The summed E-state index contributed by atoms with van der Waals surface area (Å²) < 4.78 is 4.73. The highest BCUT2D eigenvalue weighted by Crippen LogP contribution is 2.34. The van der Waals surface area contributed by atoms with E-state index in [-0.39, 0.29) is 5.75 Å². The van der Waals surface area contributed by atoms with Gasteiger partial charge in [0.1, 0.15) is 5.75 Å². The standard InChI is InChI=1S/2C12H23N.C10H9O3PS/c2*1-3-7-11(8-4-1)13-12-9-5-2-6-10-12;11-14(12,15)13-10-7-3-5-8-4-1-2-6-9(8)10/h2*11-13H,1-10H2;1-7H,(H2,11,12,15). The smallest absolute Gasteiger partial charge is 0.128 e. The third-order valence-electron chi connectivity index (χ3n) is 9.65. The number of nitrogens with two attached hydrogens (primary N) is 2. The fourth-order valence-corrected chi connectivity index (χ4v) is 8.11. The highest BCUT2D eigenvalue weighted by Gasteiger charge is 2.24. The molecule has 0 unspecified atom stereocenters. The minimum absolute atomic E-state index is 0.279. The van der Waals surface area contributed by atoms with Crippen LogP contribution in [-0.4, -0.2) is 24.2 Å². The quantitative estimate of drug-likeness (QED) is 0.422. The van der Waals surface area contributed by atoms with Crippen molar-refractivity contribution in [2.75, 3.05) is 0 Å². The molecule has 0 atom stereocenters. The van der Waals surface area contributed by atoms with Crippen LogP contribution in [0, 0.1) is 0 Å². The van der Waals surface area contributed by atoms with Gasteiger partial charge in [-0.3, -0.25) is 0 Å². The summed E-state index contributed by atoms with van der Waals surface area (Å²) in [7, 11) is 0. The zero-order valence-corrected chi connectivity index (χ0v) is 26.9. The van der Waals surface area contributed by atoms with Crippen molar-refractivity contribution in [1.29, 1.82) is 0 Å². The van der Waals surface area contributed by atoms with Gasteiger partial charge in [-0.15, -0.1) is 0 Å².